The number of hydrogen-bond acceptors (Lipinski definition) is 4. The summed E-state index contributed by atoms with van der Waals surface area (Å²) in [6.07, 6.45) is 1.64. The van der Waals surface area contributed by atoms with Crippen LogP contribution in [0.4, 0.5) is 0 Å². The molecule has 0 fully saturated rings. The van der Waals surface area contributed by atoms with Gasteiger partial charge in [-0.15, -0.1) is 0 Å². The molecule has 112 valence electrons. The lowest BCUT2D eigenvalue weighted by Crippen LogP contribution is -2.47. The summed E-state index contributed by atoms with van der Waals surface area (Å²) in [4.78, 5) is 2.13. The maximum absolute atomic E-state index is 8.86. The number of methoxy groups -OCH3 is 1. The molecule has 0 aromatic heterocycles. The second-order valence-corrected chi connectivity index (χ2v) is 4.98. The molecular formula is C15H25N3O2. The maximum atomic E-state index is 8.86. The molecule has 0 radical (unpaired) electrons. The molecule has 1 aromatic carbocycles. The van der Waals surface area contributed by atoms with E-state index < -0.39 is 0 Å². The van der Waals surface area contributed by atoms with Gasteiger partial charge in [0.25, 0.3) is 0 Å². The molecule has 3 N–H and O–H groups in total. The Bertz CT molecular complexity index is 448. The van der Waals surface area contributed by atoms with Crippen LogP contribution in [-0.2, 0) is 6.42 Å². The van der Waals surface area contributed by atoms with Gasteiger partial charge in [-0.1, -0.05) is 30.3 Å². The molecule has 1 rings (SSSR count). The maximum Gasteiger partial charge on any atom is 0.156 e. The van der Waals surface area contributed by atoms with Crippen molar-refractivity contribution in [3.05, 3.63) is 29.8 Å². The van der Waals surface area contributed by atoms with Crippen molar-refractivity contribution in [3.63, 3.8) is 0 Å². The molecule has 5 nitrogen and oxygen atoms in total. The molecule has 0 aliphatic carbocycles. The van der Waals surface area contributed by atoms with E-state index in [0.717, 1.165) is 24.2 Å². The Labute approximate surface area is 121 Å². The predicted molar refractivity (Wildman–Crippen MR) is 81.4 cm³/mol. The minimum Gasteiger partial charge on any atom is -0.496 e. The van der Waals surface area contributed by atoms with E-state index >= 15 is 0 Å². The average molecular weight is 279 g/mol. The lowest BCUT2D eigenvalue weighted by atomic mass is 10.0. The van der Waals surface area contributed by atoms with Gasteiger partial charge < -0.3 is 15.7 Å². The molecule has 0 saturated heterocycles. The first-order chi connectivity index (χ1) is 9.54. The highest BCUT2D eigenvalue weighted by Gasteiger charge is 2.22. The van der Waals surface area contributed by atoms with Crippen LogP contribution in [0, 0.1) is 0 Å². The van der Waals surface area contributed by atoms with Crippen LogP contribution in [0.15, 0.2) is 29.4 Å². The molecular weight excluding hydrogens is 254 g/mol. The van der Waals surface area contributed by atoms with Gasteiger partial charge in [0, 0.05) is 6.04 Å². The van der Waals surface area contributed by atoms with Crippen LogP contribution in [0.3, 0.4) is 0 Å². The zero-order valence-electron chi connectivity index (χ0n) is 12.7. The summed E-state index contributed by atoms with van der Waals surface area (Å²) >= 11 is 0. The number of nitrogens with zero attached hydrogens (tertiary/aromatic N) is 2. The molecule has 0 bridgehead atoms. The fourth-order valence-corrected chi connectivity index (χ4v) is 2.41. The number of rotatable bonds is 7. The van der Waals surface area contributed by atoms with Crippen LogP contribution in [-0.4, -0.2) is 42.2 Å². The third-order valence-electron chi connectivity index (χ3n) is 3.74. The number of hydrogen-bond donors (Lipinski definition) is 2. The summed E-state index contributed by atoms with van der Waals surface area (Å²) in [6.45, 7) is 4.15. The van der Waals surface area contributed by atoms with E-state index in [1.807, 2.05) is 32.2 Å². The largest absolute Gasteiger partial charge is 0.496 e. The summed E-state index contributed by atoms with van der Waals surface area (Å²) in [6, 6.07) is 8.17. The van der Waals surface area contributed by atoms with Crippen molar-refractivity contribution >= 4 is 5.84 Å². The van der Waals surface area contributed by atoms with Crippen molar-refractivity contribution in [2.75, 3.05) is 14.2 Å². The fraction of sp³-hybridized carbons (Fsp3) is 0.533. The molecule has 0 saturated carbocycles. The molecule has 0 spiro atoms. The molecule has 0 aliphatic heterocycles. The number of ether oxygens (including phenoxy) is 1. The highest BCUT2D eigenvalue weighted by molar-refractivity contribution is 5.85. The Kier molecular flexibility index (Phi) is 6.31. The van der Waals surface area contributed by atoms with E-state index in [1.54, 1.807) is 7.11 Å². The van der Waals surface area contributed by atoms with Gasteiger partial charge in [0.15, 0.2) is 5.84 Å². The van der Waals surface area contributed by atoms with E-state index in [1.165, 1.54) is 0 Å². The first-order valence-electron chi connectivity index (χ1n) is 6.86. The quantitative estimate of drug-likeness (QED) is 0.347. The van der Waals surface area contributed by atoms with E-state index in [4.69, 9.17) is 15.7 Å². The Morgan fingerprint density at radius 2 is 2.10 bits per heavy atom. The van der Waals surface area contributed by atoms with E-state index in [2.05, 4.69) is 23.0 Å². The monoisotopic (exact) mass is 279 g/mol. The summed E-state index contributed by atoms with van der Waals surface area (Å²) in [5, 5.41) is 12.0. The molecule has 5 heteroatoms. The fourth-order valence-electron chi connectivity index (χ4n) is 2.41. The van der Waals surface area contributed by atoms with Gasteiger partial charge in [-0.3, -0.25) is 4.90 Å². The number of oxime groups is 1. The van der Waals surface area contributed by atoms with Crippen molar-refractivity contribution in [2.45, 2.75) is 38.8 Å². The third kappa shape index (κ3) is 3.87. The molecule has 20 heavy (non-hydrogen) atoms. The Hall–Kier alpha value is -1.75. The standard InChI is InChI=1S/C15H25N3O2/c1-5-13(15(16)17-19)18(3)11(2)10-12-8-6-7-9-14(12)20-4/h6-9,11,13,19H,5,10H2,1-4H3,(H2,16,17). The van der Waals surface area contributed by atoms with E-state index in [-0.39, 0.29) is 17.9 Å². The molecule has 0 aliphatic rings. The topological polar surface area (TPSA) is 71.1 Å². The number of benzene rings is 1. The number of amidine groups is 1. The minimum atomic E-state index is -0.0651. The van der Waals surface area contributed by atoms with Gasteiger partial charge in [-0.2, -0.15) is 0 Å². The molecule has 0 amide bonds. The predicted octanol–water partition coefficient (Wildman–Crippen LogP) is 2.08. The van der Waals surface area contributed by atoms with E-state index in [0.29, 0.717) is 0 Å². The first-order valence-corrected chi connectivity index (χ1v) is 6.86. The van der Waals surface area contributed by atoms with Crippen molar-refractivity contribution in [1.29, 1.82) is 0 Å². The van der Waals surface area contributed by atoms with Gasteiger partial charge in [-0.25, -0.2) is 0 Å². The van der Waals surface area contributed by atoms with Gasteiger partial charge >= 0.3 is 0 Å². The first kappa shape index (κ1) is 16.3. The van der Waals surface area contributed by atoms with E-state index in [9.17, 15) is 0 Å². The molecule has 1 aromatic rings. The second kappa shape index (κ2) is 7.75. The minimum absolute atomic E-state index is 0.0651. The Morgan fingerprint density at radius 1 is 1.45 bits per heavy atom. The van der Waals surface area contributed by atoms with Gasteiger partial charge in [0.05, 0.1) is 13.2 Å². The SMILES string of the molecule is CCC(C(N)=NO)N(C)C(C)Cc1ccccc1OC. The highest BCUT2D eigenvalue weighted by Crippen LogP contribution is 2.21. The zero-order valence-corrected chi connectivity index (χ0v) is 12.7. The normalized spacial score (nSPS) is 15.2. The summed E-state index contributed by atoms with van der Waals surface area (Å²) < 4.78 is 5.37. The molecule has 2 atom stereocenters. The van der Waals surface area contributed by atoms with Crippen molar-refractivity contribution in [1.82, 2.24) is 4.90 Å². The van der Waals surface area contributed by atoms with Crippen LogP contribution in [0.2, 0.25) is 0 Å². The van der Waals surface area contributed by atoms with Gasteiger partial charge in [0.1, 0.15) is 5.75 Å². The second-order valence-electron chi connectivity index (χ2n) is 4.98. The zero-order chi connectivity index (χ0) is 15.1. The lowest BCUT2D eigenvalue weighted by molar-refractivity contribution is 0.213. The Balaban J connectivity index is 2.81. The van der Waals surface area contributed by atoms with Crippen LogP contribution in [0.1, 0.15) is 25.8 Å². The van der Waals surface area contributed by atoms with Crippen LogP contribution >= 0.6 is 0 Å². The Morgan fingerprint density at radius 3 is 2.65 bits per heavy atom. The number of para-hydroxylation sites is 1. The lowest BCUT2D eigenvalue weighted by Gasteiger charge is -2.32. The number of likely N-dealkylation sites (N-methyl/N-ethyl adjacent to an activating group) is 1. The molecule has 0 heterocycles. The number of nitrogens with two attached hydrogens (primary N) is 1. The summed E-state index contributed by atoms with van der Waals surface area (Å²) in [7, 11) is 3.67. The summed E-state index contributed by atoms with van der Waals surface area (Å²) in [5.74, 6) is 1.14. The summed E-state index contributed by atoms with van der Waals surface area (Å²) in [5.41, 5.74) is 6.91. The van der Waals surface area contributed by atoms with Crippen molar-refractivity contribution < 1.29 is 9.94 Å². The third-order valence-corrected chi connectivity index (χ3v) is 3.74. The molecule has 2 unspecified atom stereocenters. The van der Waals surface area contributed by atoms with Crippen LogP contribution < -0.4 is 10.5 Å². The van der Waals surface area contributed by atoms with Gasteiger partial charge in [-0.05, 0) is 38.4 Å². The van der Waals surface area contributed by atoms with Crippen molar-refractivity contribution in [3.8, 4) is 5.75 Å². The smallest absolute Gasteiger partial charge is 0.156 e. The average Bonchev–Trinajstić information content (AvgIpc) is 2.47. The van der Waals surface area contributed by atoms with Crippen molar-refractivity contribution in [2.24, 2.45) is 10.9 Å². The van der Waals surface area contributed by atoms with Crippen LogP contribution in [0.5, 0.6) is 5.75 Å². The highest BCUT2D eigenvalue weighted by atomic mass is 16.5. The van der Waals surface area contributed by atoms with Gasteiger partial charge in [0.2, 0.25) is 0 Å². The van der Waals surface area contributed by atoms with Crippen LogP contribution in [0.25, 0.3) is 0 Å².